The molecule has 0 bridgehead atoms. The zero-order chi connectivity index (χ0) is 13.4. The van der Waals surface area contributed by atoms with Gasteiger partial charge in [0.25, 0.3) is 0 Å². The van der Waals surface area contributed by atoms with Gasteiger partial charge in [-0.3, -0.25) is 4.79 Å². The fraction of sp³-hybridized carbons (Fsp3) is 0.462. The number of hydrogen-bond acceptors (Lipinski definition) is 4. The van der Waals surface area contributed by atoms with Crippen LogP contribution in [0, 0.1) is 0 Å². The summed E-state index contributed by atoms with van der Waals surface area (Å²) in [6, 6.07) is 7.42. The van der Waals surface area contributed by atoms with Crippen LogP contribution in [0.2, 0.25) is 0 Å². The molecule has 0 fully saturated rings. The van der Waals surface area contributed by atoms with Crippen LogP contribution in [0.1, 0.15) is 12.0 Å². The number of aliphatic hydroxyl groups excluding tert-OH is 2. The molecule has 0 unspecified atom stereocenters. The lowest BCUT2D eigenvalue weighted by Crippen LogP contribution is -2.35. The second kappa shape index (κ2) is 7.68. The van der Waals surface area contributed by atoms with Gasteiger partial charge in [-0.25, -0.2) is 0 Å². The van der Waals surface area contributed by atoms with Crippen LogP contribution in [0.15, 0.2) is 24.3 Å². The number of nitrogen functional groups attached to an aromatic ring is 1. The van der Waals surface area contributed by atoms with Crippen molar-refractivity contribution in [1.29, 1.82) is 0 Å². The van der Waals surface area contributed by atoms with Crippen molar-refractivity contribution in [3.63, 3.8) is 0 Å². The maximum absolute atomic E-state index is 11.9. The Labute approximate surface area is 107 Å². The van der Waals surface area contributed by atoms with Gasteiger partial charge in [0.1, 0.15) is 0 Å². The third-order valence-corrected chi connectivity index (χ3v) is 2.67. The lowest BCUT2D eigenvalue weighted by atomic mass is 10.1. The Morgan fingerprint density at radius 3 is 2.44 bits per heavy atom. The number of nitrogens with two attached hydrogens (primary N) is 1. The van der Waals surface area contributed by atoms with Crippen LogP contribution in [0.3, 0.4) is 0 Å². The van der Waals surface area contributed by atoms with Gasteiger partial charge >= 0.3 is 0 Å². The first-order chi connectivity index (χ1) is 8.67. The Kier molecular flexibility index (Phi) is 6.18. The number of anilines is 1. The van der Waals surface area contributed by atoms with E-state index in [2.05, 4.69) is 0 Å². The molecule has 1 aromatic carbocycles. The maximum atomic E-state index is 11.9. The standard InChI is InChI=1S/C13H20N2O3/c14-12-3-1-2-11(10-12)4-5-13(18)15(6-8-16)7-9-17/h1-3,10,16-17H,4-9,14H2. The topological polar surface area (TPSA) is 86.8 Å². The predicted octanol–water partition coefficient (Wildman–Crippen LogP) is 0.0146. The molecule has 0 aromatic heterocycles. The minimum Gasteiger partial charge on any atom is -0.399 e. The highest BCUT2D eigenvalue weighted by Gasteiger charge is 2.12. The molecule has 1 aromatic rings. The van der Waals surface area contributed by atoms with Crippen molar-refractivity contribution in [1.82, 2.24) is 4.90 Å². The fourth-order valence-electron chi connectivity index (χ4n) is 1.76. The molecule has 1 rings (SSSR count). The third kappa shape index (κ3) is 4.73. The van der Waals surface area contributed by atoms with Crippen LogP contribution in [-0.4, -0.2) is 47.3 Å². The van der Waals surface area contributed by atoms with Gasteiger partial charge in [-0.1, -0.05) is 12.1 Å². The summed E-state index contributed by atoms with van der Waals surface area (Å²) in [7, 11) is 0. The predicted molar refractivity (Wildman–Crippen MR) is 69.9 cm³/mol. The summed E-state index contributed by atoms with van der Waals surface area (Å²) in [6.45, 7) is 0.334. The molecule has 0 aliphatic rings. The number of hydrogen-bond donors (Lipinski definition) is 3. The Morgan fingerprint density at radius 2 is 1.89 bits per heavy atom. The van der Waals surface area contributed by atoms with Crippen molar-refractivity contribution in [2.24, 2.45) is 0 Å². The van der Waals surface area contributed by atoms with Crippen LogP contribution >= 0.6 is 0 Å². The van der Waals surface area contributed by atoms with E-state index in [0.717, 1.165) is 5.56 Å². The van der Waals surface area contributed by atoms with Crippen molar-refractivity contribution in [2.75, 3.05) is 32.0 Å². The summed E-state index contributed by atoms with van der Waals surface area (Å²) >= 11 is 0. The molecule has 0 saturated carbocycles. The Morgan fingerprint density at radius 1 is 1.22 bits per heavy atom. The molecule has 4 N–H and O–H groups in total. The highest BCUT2D eigenvalue weighted by molar-refractivity contribution is 5.76. The first-order valence-electron chi connectivity index (χ1n) is 6.01. The van der Waals surface area contributed by atoms with Gasteiger partial charge in [0.05, 0.1) is 13.2 Å². The molecule has 1 amide bonds. The van der Waals surface area contributed by atoms with Crippen LogP contribution in [0.25, 0.3) is 0 Å². The smallest absolute Gasteiger partial charge is 0.223 e. The van der Waals surface area contributed by atoms with Crippen molar-refractivity contribution in [3.8, 4) is 0 Å². The van der Waals surface area contributed by atoms with Gasteiger partial charge in [-0.2, -0.15) is 0 Å². The van der Waals surface area contributed by atoms with E-state index < -0.39 is 0 Å². The summed E-state index contributed by atoms with van der Waals surface area (Å²) < 4.78 is 0. The molecule has 18 heavy (non-hydrogen) atoms. The zero-order valence-corrected chi connectivity index (χ0v) is 10.4. The normalized spacial score (nSPS) is 10.3. The van der Waals surface area contributed by atoms with Gasteiger partial charge in [0, 0.05) is 25.2 Å². The van der Waals surface area contributed by atoms with Crippen molar-refractivity contribution in [2.45, 2.75) is 12.8 Å². The second-order valence-corrected chi connectivity index (χ2v) is 4.07. The van der Waals surface area contributed by atoms with E-state index in [4.69, 9.17) is 15.9 Å². The first kappa shape index (κ1) is 14.5. The lowest BCUT2D eigenvalue weighted by Gasteiger charge is -2.20. The number of nitrogens with zero attached hydrogens (tertiary/aromatic N) is 1. The number of benzene rings is 1. The SMILES string of the molecule is Nc1cccc(CCC(=O)N(CCO)CCO)c1. The maximum Gasteiger partial charge on any atom is 0.223 e. The summed E-state index contributed by atoms with van der Waals surface area (Å²) in [5.74, 6) is -0.0690. The van der Waals surface area contributed by atoms with E-state index in [9.17, 15) is 4.79 Å². The average molecular weight is 252 g/mol. The molecule has 0 aliphatic carbocycles. The minimum atomic E-state index is -0.0932. The van der Waals surface area contributed by atoms with E-state index in [1.165, 1.54) is 4.90 Å². The molecular weight excluding hydrogens is 232 g/mol. The molecule has 5 heteroatoms. The average Bonchev–Trinajstić information content (AvgIpc) is 2.36. The van der Waals surface area contributed by atoms with E-state index in [-0.39, 0.29) is 32.2 Å². The fourth-order valence-corrected chi connectivity index (χ4v) is 1.76. The number of carbonyl (C=O) groups excluding carboxylic acids is 1. The van der Waals surface area contributed by atoms with Gasteiger partial charge in [0.2, 0.25) is 5.91 Å². The van der Waals surface area contributed by atoms with Crippen molar-refractivity contribution in [3.05, 3.63) is 29.8 Å². The molecule has 0 spiro atoms. The van der Waals surface area contributed by atoms with E-state index in [0.29, 0.717) is 18.5 Å². The zero-order valence-electron chi connectivity index (χ0n) is 10.4. The minimum absolute atomic E-state index is 0.0690. The third-order valence-electron chi connectivity index (χ3n) is 2.67. The van der Waals surface area contributed by atoms with Gasteiger partial charge in [0.15, 0.2) is 0 Å². The lowest BCUT2D eigenvalue weighted by molar-refractivity contribution is -0.132. The van der Waals surface area contributed by atoms with E-state index in [1.807, 2.05) is 18.2 Å². The van der Waals surface area contributed by atoms with E-state index >= 15 is 0 Å². The number of aryl methyl sites for hydroxylation is 1. The first-order valence-corrected chi connectivity index (χ1v) is 6.01. The van der Waals surface area contributed by atoms with Gasteiger partial charge in [-0.05, 0) is 24.1 Å². The van der Waals surface area contributed by atoms with Gasteiger partial charge < -0.3 is 20.8 Å². The number of amides is 1. The van der Waals surface area contributed by atoms with Crippen molar-refractivity contribution >= 4 is 11.6 Å². The molecule has 0 saturated heterocycles. The molecule has 0 aliphatic heterocycles. The van der Waals surface area contributed by atoms with Crippen LogP contribution in [0.4, 0.5) is 5.69 Å². The Bertz CT molecular complexity index is 376. The number of carbonyl (C=O) groups is 1. The highest BCUT2D eigenvalue weighted by atomic mass is 16.3. The van der Waals surface area contributed by atoms with Crippen LogP contribution < -0.4 is 5.73 Å². The molecule has 0 atom stereocenters. The second-order valence-electron chi connectivity index (χ2n) is 4.07. The molecule has 0 radical (unpaired) electrons. The largest absolute Gasteiger partial charge is 0.399 e. The quantitative estimate of drug-likeness (QED) is 0.597. The number of aliphatic hydroxyl groups is 2. The molecule has 100 valence electrons. The Hall–Kier alpha value is -1.59. The van der Waals surface area contributed by atoms with Crippen LogP contribution in [0.5, 0.6) is 0 Å². The molecule has 5 nitrogen and oxygen atoms in total. The monoisotopic (exact) mass is 252 g/mol. The Balaban J connectivity index is 2.48. The highest BCUT2D eigenvalue weighted by Crippen LogP contribution is 2.09. The number of rotatable bonds is 7. The molecular formula is C13H20N2O3. The van der Waals surface area contributed by atoms with E-state index in [1.54, 1.807) is 6.07 Å². The molecule has 0 heterocycles. The summed E-state index contributed by atoms with van der Waals surface area (Å²) in [5, 5.41) is 17.7. The summed E-state index contributed by atoms with van der Waals surface area (Å²) in [5.41, 5.74) is 7.35. The van der Waals surface area contributed by atoms with Gasteiger partial charge in [-0.15, -0.1) is 0 Å². The summed E-state index contributed by atoms with van der Waals surface area (Å²) in [6.07, 6.45) is 0.959. The summed E-state index contributed by atoms with van der Waals surface area (Å²) in [4.78, 5) is 13.3. The van der Waals surface area contributed by atoms with Crippen LogP contribution in [-0.2, 0) is 11.2 Å². The van der Waals surface area contributed by atoms with Crippen molar-refractivity contribution < 1.29 is 15.0 Å².